The van der Waals surface area contributed by atoms with E-state index in [1.54, 1.807) is 25.4 Å². The first kappa shape index (κ1) is 13.5. The molecule has 0 unspecified atom stereocenters. The number of methoxy groups -OCH3 is 1. The smallest absolute Gasteiger partial charge is 0.253 e. The summed E-state index contributed by atoms with van der Waals surface area (Å²) in [5.74, 6) is 0.608. The number of ether oxygens (including phenoxy) is 1. The molecule has 0 aliphatic rings. The molecule has 0 fully saturated rings. The molecule has 1 heterocycles. The number of nitrogens with zero attached hydrogens (tertiary/aromatic N) is 1. The number of carbonyl (C=O) groups is 1. The highest BCUT2D eigenvalue weighted by molar-refractivity contribution is 9.10. The lowest BCUT2D eigenvalue weighted by Crippen LogP contribution is -2.23. The number of halogens is 1. The second-order valence-corrected chi connectivity index (χ2v) is 4.74. The van der Waals surface area contributed by atoms with Crippen LogP contribution in [-0.4, -0.2) is 18.0 Å². The second-order valence-electron chi connectivity index (χ2n) is 3.88. The van der Waals surface area contributed by atoms with Crippen molar-refractivity contribution in [3.8, 4) is 5.75 Å². The lowest BCUT2D eigenvalue weighted by molar-refractivity contribution is 0.0950. The molecule has 2 aromatic rings. The zero-order valence-electron chi connectivity index (χ0n) is 10.4. The van der Waals surface area contributed by atoms with Crippen molar-refractivity contribution in [2.24, 2.45) is 0 Å². The maximum Gasteiger partial charge on any atom is 0.253 e. The summed E-state index contributed by atoms with van der Waals surface area (Å²) < 4.78 is 6.09. The Morgan fingerprint density at radius 1 is 1.42 bits per heavy atom. The van der Waals surface area contributed by atoms with Gasteiger partial charge in [0.1, 0.15) is 5.75 Å². The number of pyridine rings is 1. The fourth-order valence-corrected chi connectivity index (χ4v) is 1.97. The van der Waals surface area contributed by atoms with Crippen LogP contribution in [0.15, 0.2) is 47.2 Å². The second kappa shape index (κ2) is 6.33. The average Bonchev–Trinajstić information content (AvgIpc) is 2.47. The molecule has 0 bridgehead atoms. The van der Waals surface area contributed by atoms with Gasteiger partial charge in [-0.2, -0.15) is 0 Å². The third-order valence-corrected chi connectivity index (χ3v) is 3.39. The zero-order chi connectivity index (χ0) is 13.7. The number of aromatic nitrogens is 1. The Kier molecular flexibility index (Phi) is 4.52. The van der Waals surface area contributed by atoms with Crippen molar-refractivity contribution < 1.29 is 9.53 Å². The molecule has 1 amide bonds. The molecule has 2 rings (SSSR count). The minimum absolute atomic E-state index is 0.150. The van der Waals surface area contributed by atoms with E-state index in [2.05, 4.69) is 26.2 Å². The van der Waals surface area contributed by atoms with Gasteiger partial charge in [0.05, 0.1) is 12.7 Å². The molecule has 0 saturated heterocycles. The molecule has 1 aromatic carbocycles. The van der Waals surface area contributed by atoms with Gasteiger partial charge in [0.2, 0.25) is 0 Å². The summed E-state index contributed by atoms with van der Waals surface area (Å²) in [4.78, 5) is 15.8. The fourth-order valence-electron chi connectivity index (χ4n) is 1.59. The molecule has 5 heteroatoms. The molecule has 0 aliphatic heterocycles. The maximum atomic E-state index is 11.9. The number of carbonyl (C=O) groups excluding carboxylic acids is 1. The van der Waals surface area contributed by atoms with Crippen molar-refractivity contribution in [1.82, 2.24) is 10.3 Å². The summed E-state index contributed by atoms with van der Waals surface area (Å²) in [6, 6.07) is 9.09. The van der Waals surface area contributed by atoms with E-state index in [4.69, 9.17) is 4.74 Å². The van der Waals surface area contributed by atoms with Gasteiger partial charge in [0.25, 0.3) is 5.91 Å². The lowest BCUT2D eigenvalue weighted by Gasteiger charge is -2.09. The van der Waals surface area contributed by atoms with Crippen molar-refractivity contribution in [2.45, 2.75) is 6.54 Å². The first-order chi connectivity index (χ1) is 9.20. The fraction of sp³-hybridized carbons (Fsp3) is 0.143. The normalized spacial score (nSPS) is 10.0. The summed E-state index contributed by atoms with van der Waals surface area (Å²) in [6.07, 6.45) is 3.17. The first-order valence-corrected chi connectivity index (χ1v) is 6.50. The van der Waals surface area contributed by atoms with Crippen LogP contribution in [0.1, 0.15) is 15.9 Å². The monoisotopic (exact) mass is 320 g/mol. The Bertz CT molecular complexity index is 573. The molecule has 0 aliphatic carbocycles. The van der Waals surface area contributed by atoms with E-state index in [0.29, 0.717) is 12.1 Å². The first-order valence-electron chi connectivity index (χ1n) is 5.71. The summed E-state index contributed by atoms with van der Waals surface area (Å²) in [7, 11) is 1.61. The van der Waals surface area contributed by atoms with Crippen LogP contribution < -0.4 is 10.1 Å². The van der Waals surface area contributed by atoms with Crippen molar-refractivity contribution >= 4 is 21.8 Å². The van der Waals surface area contributed by atoms with E-state index in [9.17, 15) is 4.79 Å². The molecule has 98 valence electrons. The third kappa shape index (κ3) is 3.54. The van der Waals surface area contributed by atoms with Crippen LogP contribution in [-0.2, 0) is 6.54 Å². The van der Waals surface area contributed by atoms with Crippen LogP contribution in [0.5, 0.6) is 5.75 Å². The predicted molar refractivity (Wildman–Crippen MR) is 76.1 cm³/mol. The van der Waals surface area contributed by atoms with Crippen LogP contribution in [0.2, 0.25) is 0 Å². The van der Waals surface area contributed by atoms with Crippen LogP contribution >= 0.6 is 15.9 Å². The van der Waals surface area contributed by atoms with Gasteiger partial charge < -0.3 is 10.1 Å². The largest absolute Gasteiger partial charge is 0.497 e. The van der Waals surface area contributed by atoms with Gasteiger partial charge in [0.15, 0.2) is 0 Å². The number of benzene rings is 1. The van der Waals surface area contributed by atoms with Crippen molar-refractivity contribution in [3.05, 3.63) is 58.3 Å². The Morgan fingerprint density at radius 3 is 2.95 bits per heavy atom. The van der Waals surface area contributed by atoms with Gasteiger partial charge in [-0.1, -0.05) is 15.9 Å². The summed E-state index contributed by atoms with van der Waals surface area (Å²) in [6.45, 7) is 0.422. The Morgan fingerprint density at radius 2 is 2.26 bits per heavy atom. The lowest BCUT2D eigenvalue weighted by atomic mass is 10.2. The third-order valence-electron chi connectivity index (χ3n) is 2.62. The SMILES string of the molecule is COc1ccc(Br)c(CNC(=O)c2cccnc2)c1. The molecule has 19 heavy (non-hydrogen) atoms. The van der Waals surface area contributed by atoms with Gasteiger partial charge in [-0.15, -0.1) is 0 Å². The molecule has 0 saturated carbocycles. The van der Waals surface area contributed by atoms with E-state index in [1.165, 1.54) is 6.20 Å². The van der Waals surface area contributed by atoms with Gasteiger partial charge in [-0.05, 0) is 35.9 Å². The maximum absolute atomic E-state index is 11.9. The van der Waals surface area contributed by atoms with E-state index in [0.717, 1.165) is 15.8 Å². The van der Waals surface area contributed by atoms with E-state index in [1.807, 2.05) is 18.2 Å². The van der Waals surface area contributed by atoms with Gasteiger partial charge in [-0.3, -0.25) is 9.78 Å². The minimum atomic E-state index is -0.150. The number of rotatable bonds is 4. The molecule has 1 aromatic heterocycles. The Labute approximate surface area is 119 Å². The van der Waals surface area contributed by atoms with Crippen LogP contribution in [0.25, 0.3) is 0 Å². The highest BCUT2D eigenvalue weighted by Crippen LogP contribution is 2.22. The Hall–Kier alpha value is -1.88. The van der Waals surface area contributed by atoms with E-state index in [-0.39, 0.29) is 5.91 Å². The molecule has 0 spiro atoms. The highest BCUT2D eigenvalue weighted by Gasteiger charge is 2.07. The van der Waals surface area contributed by atoms with Crippen molar-refractivity contribution in [2.75, 3.05) is 7.11 Å². The molecular weight excluding hydrogens is 308 g/mol. The molecule has 4 nitrogen and oxygen atoms in total. The van der Waals surface area contributed by atoms with Crippen LogP contribution in [0.3, 0.4) is 0 Å². The number of hydrogen-bond donors (Lipinski definition) is 1. The van der Waals surface area contributed by atoms with E-state index >= 15 is 0 Å². The van der Waals surface area contributed by atoms with Crippen LogP contribution in [0, 0.1) is 0 Å². The highest BCUT2D eigenvalue weighted by atomic mass is 79.9. The molecule has 0 radical (unpaired) electrons. The van der Waals surface area contributed by atoms with Gasteiger partial charge in [-0.25, -0.2) is 0 Å². The topological polar surface area (TPSA) is 51.2 Å². The number of amides is 1. The average molecular weight is 321 g/mol. The van der Waals surface area contributed by atoms with E-state index < -0.39 is 0 Å². The van der Waals surface area contributed by atoms with Crippen molar-refractivity contribution in [1.29, 1.82) is 0 Å². The zero-order valence-corrected chi connectivity index (χ0v) is 12.0. The van der Waals surface area contributed by atoms with Crippen LogP contribution in [0.4, 0.5) is 0 Å². The Balaban J connectivity index is 2.05. The van der Waals surface area contributed by atoms with Crippen molar-refractivity contribution in [3.63, 3.8) is 0 Å². The molecule has 1 N–H and O–H groups in total. The predicted octanol–water partition coefficient (Wildman–Crippen LogP) is 2.78. The number of hydrogen-bond acceptors (Lipinski definition) is 3. The van der Waals surface area contributed by atoms with Gasteiger partial charge in [0, 0.05) is 23.4 Å². The molecule has 0 atom stereocenters. The summed E-state index contributed by atoms with van der Waals surface area (Å²) >= 11 is 3.45. The molecular formula is C14H13BrN2O2. The minimum Gasteiger partial charge on any atom is -0.497 e. The quantitative estimate of drug-likeness (QED) is 0.942. The van der Waals surface area contributed by atoms with Gasteiger partial charge >= 0.3 is 0 Å². The number of nitrogens with one attached hydrogen (secondary N) is 1. The summed E-state index contributed by atoms with van der Waals surface area (Å²) in [5.41, 5.74) is 1.50. The standard InChI is InChI=1S/C14H13BrN2O2/c1-19-12-4-5-13(15)11(7-12)9-17-14(18)10-3-2-6-16-8-10/h2-8H,9H2,1H3,(H,17,18). The summed E-state index contributed by atoms with van der Waals surface area (Å²) in [5, 5.41) is 2.84.